The molecule has 11 heteroatoms. The van der Waals surface area contributed by atoms with Crippen molar-refractivity contribution in [1.82, 2.24) is 20.4 Å². The fourth-order valence-corrected chi connectivity index (χ4v) is 3.67. The lowest BCUT2D eigenvalue weighted by atomic mass is 10.2. The number of amides is 3. The number of esters is 1. The predicted molar refractivity (Wildman–Crippen MR) is 104 cm³/mol. The molecule has 0 bridgehead atoms. The number of carbonyl (C=O) groups excluding carboxylic acids is 3. The maximum Gasteiger partial charge on any atom is 0.325 e. The smallest absolute Gasteiger partial charge is 0.325 e. The van der Waals surface area contributed by atoms with E-state index < -0.39 is 18.0 Å². The molecule has 1 aromatic carbocycles. The van der Waals surface area contributed by atoms with Crippen LogP contribution in [0.4, 0.5) is 14.3 Å². The molecule has 1 atom stereocenters. The van der Waals surface area contributed by atoms with Gasteiger partial charge < -0.3 is 15.0 Å². The maximum absolute atomic E-state index is 13.0. The first kappa shape index (κ1) is 20.6. The first-order chi connectivity index (χ1) is 14.0. The van der Waals surface area contributed by atoms with Crippen LogP contribution in [-0.2, 0) is 14.3 Å². The van der Waals surface area contributed by atoms with E-state index in [0.717, 1.165) is 11.3 Å². The number of rotatable bonds is 6. The quantitative estimate of drug-likeness (QED) is 0.690. The Labute approximate surface area is 170 Å². The number of anilines is 1. The topological polar surface area (TPSA) is 114 Å². The van der Waals surface area contributed by atoms with Gasteiger partial charge in [0.15, 0.2) is 0 Å². The van der Waals surface area contributed by atoms with Crippen LogP contribution in [0.3, 0.4) is 0 Å². The standard InChI is InChI=1S/C18H20FN5O4S/c1-2-28-14(25)10-20-18(27)24-9-3-4-13(24)15(26)21-17-23-22-16(29-17)11-5-7-12(19)8-6-11/h5-8,13H,2-4,9-10H2,1H3,(H,20,27)(H,21,23,26). The fourth-order valence-electron chi connectivity index (χ4n) is 2.92. The van der Waals surface area contributed by atoms with E-state index in [0.29, 0.717) is 30.0 Å². The van der Waals surface area contributed by atoms with Crippen LogP contribution >= 0.6 is 11.3 Å². The molecular formula is C18H20FN5O4S. The molecule has 154 valence electrons. The second-order valence-electron chi connectivity index (χ2n) is 6.22. The molecule has 0 radical (unpaired) electrons. The largest absolute Gasteiger partial charge is 0.465 e. The molecule has 1 unspecified atom stereocenters. The Hall–Kier alpha value is -3.08. The average molecular weight is 421 g/mol. The number of hydrogen-bond acceptors (Lipinski definition) is 7. The molecule has 1 aliphatic rings. The lowest BCUT2D eigenvalue weighted by Crippen LogP contribution is -2.48. The van der Waals surface area contributed by atoms with Crippen molar-refractivity contribution in [2.24, 2.45) is 0 Å². The van der Waals surface area contributed by atoms with Crippen molar-refractivity contribution < 1.29 is 23.5 Å². The zero-order valence-corrected chi connectivity index (χ0v) is 16.5. The summed E-state index contributed by atoms with van der Waals surface area (Å²) in [4.78, 5) is 37.7. The molecule has 2 aromatic rings. The van der Waals surface area contributed by atoms with Crippen molar-refractivity contribution in [3.63, 3.8) is 0 Å². The molecule has 1 aromatic heterocycles. The van der Waals surface area contributed by atoms with Crippen LogP contribution < -0.4 is 10.6 Å². The Morgan fingerprint density at radius 1 is 1.28 bits per heavy atom. The third-order valence-corrected chi connectivity index (χ3v) is 5.14. The van der Waals surface area contributed by atoms with Crippen molar-refractivity contribution in [1.29, 1.82) is 0 Å². The van der Waals surface area contributed by atoms with Crippen molar-refractivity contribution >= 4 is 34.4 Å². The van der Waals surface area contributed by atoms with E-state index in [2.05, 4.69) is 20.8 Å². The van der Waals surface area contributed by atoms with Gasteiger partial charge in [0.25, 0.3) is 0 Å². The number of hydrogen-bond donors (Lipinski definition) is 2. The molecule has 2 N–H and O–H groups in total. The Balaban J connectivity index is 1.59. The molecule has 9 nitrogen and oxygen atoms in total. The zero-order valence-electron chi connectivity index (χ0n) is 15.7. The van der Waals surface area contributed by atoms with Crippen molar-refractivity contribution in [2.75, 3.05) is 25.0 Å². The second-order valence-corrected chi connectivity index (χ2v) is 7.20. The van der Waals surface area contributed by atoms with Gasteiger partial charge >= 0.3 is 12.0 Å². The van der Waals surface area contributed by atoms with Gasteiger partial charge in [0.2, 0.25) is 11.0 Å². The predicted octanol–water partition coefficient (Wildman–Crippen LogP) is 2.02. The molecule has 1 aliphatic heterocycles. The highest BCUT2D eigenvalue weighted by Gasteiger charge is 2.34. The van der Waals surface area contributed by atoms with Gasteiger partial charge in [0.1, 0.15) is 23.4 Å². The Morgan fingerprint density at radius 2 is 2.03 bits per heavy atom. The molecule has 3 rings (SSSR count). The summed E-state index contributed by atoms with van der Waals surface area (Å²) in [6, 6.07) is 4.62. The van der Waals surface area contributed by atoms with Crippen LogP contribution in [0, 0.1) is 5.82 Å². The van der Waals surface area contributed by atoms with Gasteiger partial charge in [-0.25, -0.2) is 9.18 Å². The van der Waals surface area contributed by atoms with E-state index in [4.69, 9.17) is 4.74 Å². The minimum absolute atomic E-state index is 0.227. The second kappa shape index (κ2) is 9.41. The number of carbonyl (C=O) groups is 3. The monoisotopic (exact) mass is 421 g/mol. The number of benzene rings is 1. The summed E-state index contributed by atoms with van der Waals surface area (Å²) >= 11 is 1.15. The number of nitrogens with one attached hydrogen (secondary N) is 2. The van der Waals surface area contributed by atoms with Crippen molar-refractivity contribution in [3.8, 4) is 10.6 Å². The number of aromatic nitrogens is 2. The van der Waals surface area contributed by atoms with Crippen LogP contribution in [-0.4, -0.2) is 58.7 Å². The summed E-state index contributed by atoms with van der Waals surface area (Å²) in [7, 11) is 0. The van der Waals surface area contributed by atoms with Gasteiger partial charge in [0.05, 0.1) is 6.61 Å². The maximum atomic E-state index is 13.0. The number of ether oxygens (including phenoxy) is 1. The summed E-state index contributed by atoms with van der Waals surface area (Å²) < 4.78 is 17.8. The van der Waals surface area contributed by atoms with E-state index in [1.165, 1.54) is 17.0 Å². The van der Waals surface area contributed by atoms with E-state index in [-0.39, 0.29) is 30.0 Å². The van der Waals surface area contributed by atoms with Crippen molar-refractivity contribution in [2.45, 2.75) is 25.8 Å². The minimum atomic E-state index is -0.671. The van der Waals surface area contributed by atoms with Crippen molar-refractivity contribution in [3.05, 3.63) is 30.1 Å². The van der Waals surface area contributed by atoms with Gasteiger partial charge in [-0.05, 0) is 44.0 Å². The SMILES string of the molecule is CCOC(=O)CNC(=O)N1CCCC1C(=O)Nc1nnc(-c2ccc(F)cc2)s1. The van der Waals surface area contributed by atoms with E-state index in [9.17, 15) is 18.8 Å². The third kappa shape index (κ3) is 5.25. The molecule has 3 amide bonds. The summed E-state index contributed by atoms with van der Waals surface area (Å²) in [5.74, 6) is -1.27. The number of nitrogens with zero attached hydrogens (tertiary/aromatic N) is 3. The Kier molecular flexibility index (Phi) is 6.70. The number of likely N-dealkylation sites (tertiary alicyclic amines) is 1. The molecule has 0 aliphatic carbocycles. The molecule has 0 saturated carbocycles. The van der Waals surface area contributed by atoms with Gasteiger partial charge in [-0.2, -0.15) is 0 Å². The Bertz CT molecular complexity index is 889. The number of urea groups is 1. The first-order valence-electron chi connectivity index (χ1n) is 9.08. The highest BCUT2D eigenvalue weighted by atomic mass is 32.1. The van der Waals surface area contributed by atoms with Crippen LogP contribution in [0.5, 0.6) is 0 Å². The molecule has 1 saturated heterocycles. The van der Waals surface area contributed by atoms with Crippen LogP contribution in [0.15, 0.2) is 24.3 Å². The van der Waals surface area contributed by atoms with Gasteiger partial charge in [-0.15, -0.1) is 10.2 Å². The molecule has 2 heterocycles. The fraction of sp³-hybridized carbons (Fsp3) is 0.389. The average Bonchev–Trinajstić information content (AvgIpc) is 3.36. The van der Waals surface area contributed by atoms with Gasteiger partial charge in [-0.1, -0.05) is 11.3 Å². The number of halogens is 1. The third-order valence-electron chi connectivity index (χ3n) is 4.25. The summed E-state index contributed by atoms with van der Waals surface area (Å²) in [5.41, 5.74) is 0.685. The highest BCUT2D eigenvalue weighted by molar-refractivity contribution is 7.18. The van der Waals surface area contributed by atoms with Crippen LogP contribution in [0.25, 0.3) is 10.6 Å². The summed E-state index contributed by atoms with van der Waals surface area (Å²) in [5, 5.41) is 13.9. The summed E-state index contributed by atoms with van der Waals surface area (Å²) in [6.07, 6.45) is 1.17. The Morgan fingerprint density at radius 3 is 2.76 bits per heavy atom. The van der Waals surface area contributed by atoms with E-state index in [1.807, 2.05) is 0 Å². The molecule has 0 spiro atoms. The van der Waals surface area contributed by atoms with Gasteiger partial charge in [-0.3, -0.25) is 14.9 Å². The van der Waals surface area contributed by atoms with E-state index >= 15 is 0 Å². The van der Waals surface area contributed by atoms with Crippen LogP contribution in [0.1, 0.15) is 19.8 Å². The summed E-state index contributed by atoms with van der Waals surface area (Å²) in [6.45, 7) is 2.05. The first-order valence-corrected chi connectivity index (χ1v) is 9.90. The minimum Gasteiger partial charge on any atom is -0.465 e. The normalized spacial score (nSPS) is 15.8. The lowest BCUT2D eigenvalue weighted by molar-refractivity contribution is -0.141. The molecular weight excluding hydrogens is 401 g/mol. The van der Waals surface area contributed by atoms with Crippen LogP contribution in [0.2, 0.25) is 0 Å². The zero-order chi connectivity index (χ0) is 20.8. The molecule has 29 heavy (non-hydrogen) atoms. The van der Waals surface area contributed by atoms with E-state index in [1.54, 1.807) is 19.1 Å². The van der Waals surface area contributed by atoms with Gasteiger partial charge in [0, 0.05) is 12.1 Å². The highest BCUT2D eigenvalue weighted by Crippen LogP contribution is 2.27. The molecule has 1 fully saturated rings. The lowest BCUT2D eigenvalue weighted by Gasteiger charge is -2.23.